The molecule has 1 fully saturated rings. The Kier molecular flexibility index (Phi) is 5.11. The van der Waals surface area contributed by atoms with Crippen LogP contribution in [0.1, 0.15) is 30.0 Å². The number of anilines is 1. The SMILES string of the molecule is N#Cc1cnc(NC(CNS(=O)(=O)C2CC2)c2ccc(F)cc2F)nc1. The molecule has 10 heteroatoms. The van der Waals surface area contributed by atoms with Crippen LogP contribution >= 0.6 is 0 Å². The van der Waals surface area contributed by atoms with E-state index in [2.05, 4.69) is 20.0 Å². The molecule has 1 heterocycles. The second-order valence-corrected chi connectivity index (χ2v) is 7.91. The van der Waals surface area contributed by atoms with Crippen molar-refractivity contribution in [3.8, 4) is 6.07 Å². The molecule has 0 amide bonds. The topological polar surface area (TPSA) is 108 Å². The Bertz CT molecular complexity index is 940. The molecule has 1 aliphatic rings. The molecular weight excluding hydrogens is 364 g/mol. The minimum Gasteiger partial charge on any atom is -0.346 e. The number of nitrogens with zero attached hydrogens (tertiary/aromatic N) is 3. The Morgan fingerprint density at radius 2 is 1.96 bits per heavy atom. The van der Waals surface area contributed by atoms with Crippen LogP contribution in [0.25, 0.3) is 0 Å². The van der Waals surface area contributed by atoms with Crippen LogP contribution in [0.2, 0.25) is 0 Å². The van der Waals surface area contributed by atoms with Crippen LogP contribution in [0.15, 0.2) is 30.6 Å². The molecule has 1 saturated carbocycles. The molecule has 2 N–H and O–H groups in total. The number of nitriles is 1. The van der Waals surface area contributed by atoms with E-state index in [0.717, 1.165) is 12.1 Å². The van der Waals surface area contributed by atoms with Crippen LogP contribution in [-0.2, 0) is 10.0 Å². The van der Waals surface area contributed by atoms with Crippen molar-refractivity contribution in [2.45, 2.75) is 24.1 Å². The first-order chi connectivity index (χ1) is 12.4. The Balaban J connectivity index is 1.83. The molecule has 1 aliphatic carbocycles. The third-order valence-electron chi connectivity index (χ3n) is 3.87. The molecule has 0 saturated heterocycles. The summed E-state index contributed by atoms with van der Waals surface area (Å²) in [6, 6.07) is 4.05. The average molecular weight is 379 g/mol. The Morgan fingerprint density at radius 1 is 1.27 bits per heavy atom. The summed E-state index contributed by atoms with van der Waals surface area (Å²) in [5.41, 5.74) is 0.312. The number of halogens is 2. The number of sulfonamides is 1. The lowest BCUT2D eigenvalue weighted by Crippen LogP contribution is -2.34. The molecule has 136 valence electrons. The fraction of sp³-hybridized carbons (Fsp3) is 0.312. The van der Waals surface area contributed by atoms with Crippen LogP contribution in [0.3, 0.4) is 0 Å². The Hall–Kier alpha value is -2.64. The fourth-order valence-electron chi connectivity index (χ4n) is 2.33. The number of hydrogen-bond acceptors (Lipinski definition) is 6. The van der Waals surface area contributed by atoms with Gasteiger partial charge in [0.05, 0.1) is 29.2 Å². The number of aromatic nitrogens is 2. The molecule has 0 aliphatic heterocycles. The van der Waals surface area contributed by atoms with Gasteiger partial charge in [-0.2, -0.15) is 5.26 Å². The van der Waals surface area contributed by atoms with Crippen molar-refractivity contribution >= 4 is 16.0 Å². The van der Waals surface area contributed by atoms with Gasteiger partial charge in [-0.15, -0.1) is 0 Å². The van der Waals surface area contributed by atoms with Gasteiger partial charge in [0.15, 0.2) is 0 Å². The monoisotopic (exact) mass is 379 g/mol. The molecule has 2 aromatic rings. The molecule has 7 nitrogen and oxygen atoms in total. The van der Waals surface area contributed by atoms with Gasteiger partial charge >= 0.3 is 0 Å². The van der Waals surface area contributed by atoms with Crippen LogP contribution < -0.4 is 10.0 Å². The van der Waals surface area contributed by atoms with Gasteiger partial charge in [0.1, 0.15) is 17.7 Å². The maximum absolute atomic E-state index is 14.2. The summed E-state index contributed by atoms with van der Waals surface area (Å²) in [5.74, 6) is -1.47. The first-order valence-corrected chi connectivity index (χ1v) is 9.36. The first kappa shape index (κ1) is 18.2. The molecule has 1 unspecified atom stereocenters. The molecular formula is C16H15F2N5O2S. The average Bonchev–Trinajstić information content (AvgIpc) is 3.45. The highest BCUT2D eigenvalue weighted by molar-refractivity contribution is 7.90. The zero-order valence-corrected chi connectivity index (χ0v) is 14.3. The van der Waals surface area contributed by atoms with Gasteiger partial charge in [-0.25, -0.2) is 31.9 Å². The van der Waals surface area contributed by atoms with E-state index in [4.69, 9.17) is 5.26 Å². The van der Waals surface area contributed by atoms with Gasteiger partial charge in [-0.05, 0) is 18.9 Å². The molecule has 1 atom stereocenters. The molecule has 0 radical (unpaired) electrons. The highest BCUT2D eigenvalue weighted by Crippen LogP contribution is 2.28. The fourth-order valence-corrected chi connectivity index (χ4v) is 3.73. The lowest BCUT2D eigenvalue weighted by molar-refractivity contribution is 0.550. The van der Waals surface area contributed by atoms with Crippen molar-refractivity contribution in [3.05, 3.63) is 53.4 Å². The predicted octanol–water partition coefficient (Wildman–Crippen LogP) is 1.86. The summed E-state index contributed by atoms with van der Waals surface area (Å²) in [6.07, 6.45) is 3.75. The minimum absolute atomic E-state index is 0.0675. The van der Waals surface area contributed by atoms with E-state index < -0.39 is 32.9 Å². The maximum Gasteiger partial charge on any atom is 0.223 e. The molecule has 3 rings (SSSR count). The number of nitrogens with one attached hydrogen (secondary N) is 2. The smallest absolute Gasteiger partial charge is 0.223 e. The van der Waals surface area contributed by atoms with E-state index in [9.17, 15) is 17.2 Å². The van der Waals surface area contributed by atoms with Gasteiger partial charge in [0.2, 0.25) is 16.0 Å². The quantitative estimate of drug-likeness (QED) is 0.760. The zero-order valence-electron chi connectivity index (χ0n) is 13.5. The second-order valence-electron chi connectivity index (χ2n) is 5.86. The summed E-state index contributed by atoms with van der Waals surface area (Å²) in [5, 5.41) is 11.2. The standard InChI is InChI=1S/C16H15F2N5O2S/c17-11-1-4-13(14(18)5-11)15(9-22-26(24,25)12-2-3-12)23-16-20-7-10(6-19)8-21-16/h1,4-5,7-8,12,15,22H,2-3,9H2,(H,20,21,23). The second kappa shape index (κ2) is 7.31. The van der Waals surface area contributed by atoms with Crippen LogP contribution in [0, 0.1) is 23.0 Å². The molecule has 1 aromatic heterocycles. The Labute approximate surface area is 149 Å². The van der Waals surface area contributed by atoms with E-state index in [1.807, 2.05) is 6.07 Å². The van der Waals surface area contributed by atoms with E-state index in [1.54, 1.807) is 0 Å². The van der Waals surface area contributed by atoms with Crippen molar-refractivity contribution in [1.82, 2.24) is 14.7 Å². The van der Waals surface area contributed by atoms with Crippen LogP contribution in [0.5, 0.6) is 0 Å². The molecule has 1 aromatic carbocycles. The minimum atomic E-state index is -3.48. The number of benzene rings is 1. The lowest BCUT2D eigenvalue weighted by Gasteiger charge is -2.20. The Morgan fingerprint density at radius 3 is 2.54 bits per heavy atom. The zero-order chi connectivity index (χ0) is 18.7. The number of hydrogen-bond donors (Lipinski definition) is 2. The van der Waals surface area contributed by atoms with E-state index in [0.29, 0.717) is 12.8 Å². The summed E-state index contributed by atoms with van der Waals surface area (Å²) in [6.45, 7) is -0.162. The van der Waals surface area contributed by atoms with Gasteiger partial charge < -0.3 is 5.32 Å². The van der Waals surface area contributed by atoms with Crippen LogP contribution in [0.4, 0.5) is 14.7 Å². The summed E-state index contributed by atoms with van der Waals surface area (Å²) in [7, 11) is -3.48. The van der Waals surface area contributed by atoms with Crippen molar-refractivity contribution < 1.29 is 17.2 Å². The van der Waals surface area contributed by atoms with Gasteiger partial charge in [0, 0.05) is 18.2 Å². The summed E-state index contributed by atoms with van der Waals surface area (Å²) >= 11 is 0. The highest BCUT2D eigenvalue weighted by atomic mass is 32.2. The summed E-state index contributed by atoms with van der Waals surface area (Å²) in [4.78, 5) is 7.87. The van der Waals surface area contributed by atoms with Crippen molar-refractivity contribution in [2.75, 3.05) is 11.9 Å². The molecule has 0 spiro atoms. The molecule has 0 bridgehead atoms. The lowest BCUT2D eigenvalue weighted by atomic mass is 10.1. The summed E-state index contributed by atoms with van der Waals surface area (Å²) < 4.78 is 53.9. The normalized spacial score (nSPS) is 15.3. The first-order valence-electron chi connectivity index (χ1n) is 7.81. The van der Waals surface area contributed by atoms with Crippen molar-refractivity contribution in [1.29, 1.82) is 5.26 Å². The van der Waals surface area contributed by atoms with E-state index >= 15 is 0 Å². The van der Waals surface area contributed by atoms with Crippen molar-refractivity contribution in [3.63, 3.8) is 0 Å². The van der Waals surface area contributed by atoms with Crippen molar-refractivity contribution in [2.24, 2.45) is 0 Å². The highest BCUT2D eigenvalue weighted by Gasteiger charge is 2.36. The third-order valence-corrected chi connectivity index (χ3v) is 5.79. The largest absolute Gasteiger partial charge is 0.346 e. The van der Waals surface area contributed by atoms with E-state index in [-0.39, 0.29) is 23.6 Å². The van der Waals surface area contributed by atoms with Crippen LogP contribution in [-0.4, -0.2) is 30.2 Å². The van der Waals surface area contributed by atoms with Gasteiger partial charge in [-0.1, -0.05) is 6.07 Å². The number of rotatable bonds is 7. The predicted molar refractivity (Wildman–Crippen MR) is 89.4 cm³/mol. The van der Waals surface area contributed by atoms with Gasteiger partial charge in [0.25, 0.3) is 0 Å². The van der Waals surface area contributed by atoms with E-state index in [1.165, 1.54) is 18.5 Å². The third kappa shape index (κ3) is 4.30. The maximum atomic E-state index is 14.2. The molecule has 26 heavy (non-hydrogen) atoms. The van der Waals surface area contributed by atoms with Gasteiger partial charge in [-0.3, -0.25) is 0 Å².